The highest BCUT2D eigenvalue weighted by Gasteiger charge is 2.15. The second kappa shape index (κ2) is 5.01. The second-order valence-electron chi connectivity index (χ2n) is 4.19. The van der Waals surface area contributed by atoms with Crippen LogP contribution < -0.4 is 16.2 Å². The van der Waals surface area contributed by atoms with Gasteiger partial charge in [0.25, 0.3) is 5.69 Å². The van der Waals surface area contributed by atoms with Crippen LogP contribution in [0, 0.1) is 10.1 Å². The molecule has 6 nitrogen and oxygen atoms in total. The molecule has 1 aromatic carbocycles. The minimum Gasteiger partial charge on any atom is -0.371 e. The Labute approximate surface area is 99.5 Å². The molecule has 1 saturated heterocycles. The Morgan fingerprint density at radius 1 is 1.24 bits per heavy atom. The largest absolute Gasteiger partial charge is 0.371 e. The molecule has 1 fully saturated rings. The average molecular weight is 236 g/mol. The summed E-state index contributed by atoms with van der Waals surface area (Å²) in [6, 6.07) is 4.89. The van der Waals surface area contributed by atoms with Crippen molar-refractivity contribution in [2.24, 2.45) is 5.84 Å². The van der Waals surface area contributed by atoms with E-state index in [0.29, 0.717) is 5.69 Å². The SMILES string of the molecule is NNc1cc(N2CCCCC2)cc([N+](=O)[O-])c1. The molecule has 1 aliphatic heterocycles. The molecule has 1 heterocycles. The maximum absolute atomic E-state index is 10.8. The maximum atomic E-state index is 10.8. The molecule has 0 unspecified atom stereocenters. The summed E-state index contributed by atoms with van der Waals surface area (Å²) < 4.78 is 0. The summed E-state index contributed by atoms with van der Waals surface area (Å²) in [5.74, 6) is 5.33. The van der Waals surface area contributed by atoms with Crippen molar-refractivity contribution in [3.63, 3.8) is 0 Å². The fraction of sp³-hybridized carbons (Fsp3) is 0.455. The second-order valence-corrected chi connectivity index (χ2v) is 4.19. The predicted molar refractivity (Wildman–Crippen MR) is 67.0 cm³/mol. The summed E-state index contributed by atoms with van der Waals surface area (Å²) in [6.45, 7) is 1.90. The first-order valence-electron chi connectivity index (χ1n) is 5.72. The normalized spacial score (nSPS) is 15.7. The Morgan fingerprint density at radius 2 is 1.94 bits per heavy atom. The number of nitro groups is 1. The number of anilines is 2. The average Bonchev–Trinajstić information content (AvgIpc) is 2.39. The smallest absolute Gasteiger partial charge is 0.273 e. The van der Waals surface area contributed by atoms with Crippen molar-refractivity contribution in [1.82, 2.24) is 0 Å². The summed E-state index contributed by atoms with van der Waals surface area (Å²) in [6.07, 6.45) is 3.50. The summed E-state index contributed by atoms with van der Waals surface area (Å²) in [5, 5.41) is 10.8. The third kappa shape index (κ3) is 2.65. The lowest BCUT2D eigenvalue weighted by molar-refractivity contribution is -0.384. The zero-order valence-corrected chi connectivity index (χ0v) is 9.56. The third-order valence-electron chi connectivity index (χ3n) is 3.00. The first kappa shape index (κ1) is 11.7. The molecular weight excluding hydrogens is 220 g/mol. The Bertz CT molecular complexity index is 416. The summed E-state index contributed by atoms with van der Waals surface area (Å²) in [7, 11) is 0. The van der Waals surface area contributed by atoms with Gasteiger partial charge in [-0.25, -0.2) is 0 Å². The monoisotopic (exact) mass is 236 g/mol. The molecule has 0 saturated carbocycles. The molecule has 0 aliphatic carbocycles. The predicted octanol–water partition coefficient (Wildman–Crippen LogP) is 1.87. The molecule has 17 heavy (non-hydrogen) atoms. The molecule has 2 rings (SSSR count). The molecular formula is C11H16N4O2. The van der Waals surface area contributed by atoms with Gasteiger partial charge in [0, 0.05) is 30.9 Å². The van der Waals surface area contributed by atoms with Gasteiger partial charge in [0.1, 0.15) is 0 Å². The van der Waals surface area contributed by atoms with Gasteiger partial charge in [-0.05, 0) is 25.3 Å². The van der Waals surface area contributed by atoms with Gasteiger partial charge in [0.15, 0.2) is 0 Å². The third-order valence-corrected chi connectivity index (χ3v) is 3.00. The first-order chi connectivity index (χ1) is 8.20. The molecule has 1 aliphatic rings. The van der Waals surface area contributed by atoms with Gasteiger partial charge in [-0.1, -0.05) is 0 Å². The zero-order chi connectivity index (χ0) is 12.3. The molecule has 1 aromatic rings. The number of nitro benzene ring substituents is 1. The van der Waals surface area contributed by atoms with E-state index < -0.39 is 4.92 Å². The number of hydrogen-bond acceptors (Lipinski definition) is 5. The number of nitrogens with two attached hydrogens (primary N) is 1. The summed E-state index contributed by atoms with van der Waals surface area (Å²) >= 11 is 0. The minimum atomic E-state index is -0.395. The standard InChI is InChI=1S/C11H16N4O2/c12-13-9-6-10(8-11(7-9)15(16)17)14-4-2-1-3-5-14/h6-8,13H,1-5,12H2. The zero-order valence-electron chi connectivity index (χ0n) is 9.56. The van der Waals surface area contributed by atoms with Crippen LogP contribution in [0.4, 0.5) is 17.1 Å². The van der Waals surface area contributed by atoms with E-state index in [1.165, 1.54) is 12.5 Å². The highest BCUT2D eigenvalue weighted by Crippen LogP contribution is 2.28. The Hall–Kier alpha value is -1.82. The number of piperidine rings is 1. The molecule has 3 N–H and O–H groups in total. The highest BCUT2D eigenvalue weighted by atomic mass is 16.6. The summed E-state index contributed by atoms with van der Waals surface area (Å²) in [5.41, 5.74) is 3.98. The number of rotatable bonds is 3. The highest BCUT2D eigenvalue weighted by molar-refractivity contribution is 5.64. The van der Waals surface area contributed by atoms with E-state index in [2.05, 4.69) is 10.3 Å². The number of nitrogens with one attached hydrogen (secondary N) is 1. The summed E-state index contributed by atoms with van der Waals surface area (Å²) in [4.78, 5) is 12.6. The van der Waals surface area contributed by atoms with E-state index in [-0.39, 0.29) is 5.69 Å². The number of hydrogen-bond donors (Lipinski definition) is 2. The van der Waals surface area contributed by atoms with Gasteiger partial charge >= 0.3 is 0 Å². The van der Waals surface area contributed by atoms with E-state index in [9.17, 15) is 10.1 Å². The number of benzene rings is 1. The van der Waals surface area contributed by atoms with E-state index in [1.807, 2.05) is 6.07 Å². The maximum Gasteiger partial charge on any atom is 0.273 e. The molecule has 0 amide bonds. The van der Waals surface area contributed by atoms with Crippen LogP contribution >= 0.6 is 0 Å². The number of non-ortho nitro benzene ring substituents is 1. The van der Waals surface area contributed by atoms with Crippen LogP contribution in [-0.4, -0.2) is 18.0 Å². The van der Waals surface area contributed by atoms with E-state index in [4.69, 9.17) is 5.84 Å². The fourth-order valence-electron chi connectivity index (χ4n) is 2.12. The minimum absolute atomic E-state index is 0.0704. The van der Waals surface area contributed by atoms with Crippen LogP contribution in [0.1, 0.15) is 19.3 Å². The van der Waals surface area contributed by atoms with Crippen molar-refractivity contribution < 1.29 is 4.92 Å². The van der Waals surface area contributed by atoms with Crippen molar-refractivity contribution in [3.05, 3.63) is 28.3 Å². The van der Waals surface area contributed by atoms with Crippen LogP contribution in [-0.2, 0) is 0 Å². The van der Waals surface area contributed by atoms with E-state index in [1.54, 1.807) is 6.07 Å². The van der Waals surface area contributed by atoms with Gasteiger partial charge in [0.05, 0.1) is 10.6 Å². The van der Waals surface area contributed by atoms with Crippen molar-refractivity contribution in [2.75, 3.05) is 23.4 Å². The van der Waals surface area contributed by atoms with Crippen LogP contribution in [0.2, 0.25) is 0 Å². The topological polar surface area (TPSA) is 84.4 Å². The number of hydrazine groups is 1. The quantitative estimate of drug-likeness (QED) is 0.475. The molecule has 0 bridgehead atoms. The van der Waals surface area contributed by atoms with Gasteiger partial charge in [-0.3, -0.25) is 16.0 Å². The van der Waals surface area contributed by atoms with Crippen molar-refractivity contribution in [2.45, 2.75) is 19.3 Å². The van der Waals surface area contributed by atoms with Crippen molar-refractivity contribution >= 4 is 17.1 Å². The molecule has 0 aromatic heterocycles. The van der Waals surface area contributed by atoms with Crippen molar-refractivity contribution in [3.8, 4) is 0 Å². The van der Waals surface area contributed by atoms with Gasteiger partial charge in [-0.15, -0.1) is 0 Å². The van der Waals surface area contributed by atoms with E-state index >= 15 is 0 Å². The number of nitrogens with zero attached hydrogens (tertiary/aromatic N) is 2. The Balaban J connectivity index is 2.31. The number of nitrogen functional groups attached to an aromatic ring is 1. The molecule has 0 radical (unpaired) electrons. The molecule has 0 spiro atoms. The lowest BCUT2D eigenvalue weighted by Crippen LogP contribution is -2.29. The Morgan fingerprint density at radius 3 is 2.53 bits per heavy atom. The van der Waals surface area contributed by atoms with Crippen LogP contribution in [0.15, 0.2) is 18.2 Å². The van der Waals surface area contributed by atoms with E-state index in [0.717, 1.165) is 31.6 Å². The lowest BCUT2D eigenvalue weighted by atomic mass is 10.1. The van der Waals surface area contributed by atoms with Gasteiger partial charge in [0.2, 0.25) is 0 Å². The molecule has 6 heteroatoms. The molecule has 0 atom stereocenters. The fourth-order valence-corrected chi connectivity index (χ4v) is 2.12. The Kier molecular flexibility index (Phi) is 3.43. The van der Waals surface area contributed by atoms with Gasteiger partial charge in [-0.2, -0.15) is 0 Å². The van der Waals surface area contributed by atoms with Crippen LogP contribution in [0.25, 0.3) is 0 Å². The van der Waals surface area contributed by atoms with Crippen molar-refractivity contribution in [1.29, 1.82) is 0 Å². The lowest BCUT2D eigenvalue weighted by Gasteiger charge is -2.28. The first-order valence-corrected chi connectivity index (χ1v) is 5.72. The molecule has 92 valence electrons. The van der Waals surface area contributed by atoms with Gasteiger partial charge < -0.3 is 10.3 Å². The van der Waals surface area contributed by atoms with Crippen LogP contribution in [0.3, 0.4) is 0 Å². The van der Waals surface area contributed by atoms with Crippen LogP contribution in [0.5, 0.6) is 0 Å².